The van der Waals surface area contributed by atoms with Gasteiger partial charge in [-0.15, -0.1) is 0 Å². The minimum absolute atomic E-state index is 0.124. The fraction of sp³-hybridized carbons (Fsp3) is 0.368. The van der Waals surface area contributed by atoms with Crippen LogP contribution < -0.4 is 5.32 Å². The zero-order valence-electron chi connectivity index (χ0n) is 17.5. The van der Waals surface area contributed by atoms with Crippen molar-refractivity contribution in [3.63, 3.8) is 0 Å². The fourth-order valence-electron chi connectivity index (χ4n) is 3.24. The predicted molar refractivity (Wildman–Crippen MR) is 101 cm³/mol. The quantitative estimate of drug-likeness (QED) is 0.780. The molecule has 1 amide bonds. The molecule has 2 aromatic heterocycles. The highest BCUT2D eigenvalue weighted by atomic mass is 16.2. The number of likely N-dealkylation sites (tertiary alicyclic amines) is 1. The van der Waals surface area contributed by atoms with E-state index in [1.54, 1.807) is 6.20 Å². The summed E-state index contributed by atoms with van der Waals surface area (Å²) in [6.07, 6.45) is 6.88. The molecule has 134 valence electrons. The molecule has 4 rings (SSSR count). The van der Waals surface area contributed by atoms with E-state index in [1.807, 2.05) is 25.1 Å². The lowest BCUT2D eigenvalue weighted by Crippen LogP contribution is -2.40. The number of nitrogens with one attached hydrogen (secondary N) is 1. The van der Waals surface area contributed by atoms with Gasteiger partial charge in [0.15, 0.2) is 0 Å². The SMILES string of the molecule is [2H]C([2H])([2H])n1cc(-c2ccc3cnc(NC(=O)C(C)N4CCCC4)nc3c2)cn1. The molecule has 7 heteroatoms. The lowest BCUT2D eigenvalue weighted by atomic mass is 10.1. The summed E-state index contributed by atoms with van der Waals surface area (Å²) in [6, 6.07) is 5.32. The summed E-state index contributed by atoms with van der Waals surface area (Å²) in [5, 5.41) is 7.54. The van der Waals surface area contributed by atoms with Crippen molar-refractivity contribution in [3.8, 4) is 11.1 Å². The molecule has 0 saturated carbocycles. The molecule has 1 atom stereocenters. The summed E-state index contributed by atoms with van der Waals surface area (Å²) in [5.74, 6) is 0.130. The van der Waals surface area contributed by atoms with Crippen molar-refractivity contribution in [2.75, 3.05) is 18.4 Å². The number of carbonyl (C=O) groups is 1. The Labute approximate surface area is 156 Å². The average Bonchev–Trinajstić information content (AvgIpc) is 3.38. The molecule has 0 bridgehead atoms. The van der Waals surface area contributed by atoms with Gasteiger partial charge < -0.3 is 0 Å². The number of benzene rings is 1. The van der Waals surface area contributed by atoms with E-state index >= 15 is 0 Å². The molecule has 7 nitrogen and oxygen atoms in total. The van der Waals surface area contributed by atoms with Gasteiger partial charge in [-0.25, -0.2) is 9.97 Å². The maximum Gasteiger partial charge on any atom is 0.243 e. The highest BCUT2D eigenvalue weighted by Crippen LogP contribution is 2.23. The first-order chi connectivity index (χ1) is 13.8. The van der Waals surface area contributed by atoms with Crippen molar-refractivity contribution >= 4 is 22.8 Å². The lowest BCUT2D eigenvalue weighted by molar-refractivity contribution is -0.120. The van der Waals surface area contributed by atoms with Gasteiger partial charge in [0.2, 0.25) is 11.9 Å². The Morgan fingerprint density at radius 3 is 2.88 bits per heavy atom. The molecule has 1 saturated heterocycles. The third-order valence-electron chi connectivity index (χ3n) is 4.80. The van der Waals surface area contributed by atoms with Crippen LogP contribution in [-0.4, -0.2) is 49.7 Å². The van der Waals surface area contributed by atoms with E-state index < -0.39 is 6.98 Å². The van der Waals surface area contributed by atoms with Gasteiger partial charge in [-0.2, -0.15) is 5.10 Å². The first-order valence-electron chi connectivity index (χ1n) is 10.2. The van der Waals surface area contributed by atoms with E-state index in [0.717, 1.165) is 41.6 Å². The van der Waals surface area contributed by atoms with Crippen LogP contribution in [0.3, 0.4) is 0 Å². The summed E-state index contributed by atoms with van der Waals surface area (Å²) in [4.78, 5) is 23.4. The number of nitrogens with zero attached hydrogens (tertiary/aromatic N) is 5. The van der Waals surface area contributed by atoms with Gasteiger partial charge in [0, 0.05) is 34.4 Å². The monoisotopic (exact) mass is 353 g/mol. The Morgan fingerprint density at radius 2 is 2.12 bits per heavy atom. The van der Waals surface area contributed by atoms with Gasteiger partial charge in [0.1, 0.15) is 0 Å². The largest absolute Gasteiger partial charge is 0.293 e. The summed E-state index contributed by atoms with van der Waals surface area (Å²) in [7, 11) is 0. The van der Waals surface area contributed by atoms with E-state index in [2.05, 4.69) is 25.3 Å². The predicted octanol–water partition coefficient (Wildman–Crippen LogP) is 2.45. The van der Waals surface area contributed by atoms with Crippen LogP contribution in [0.5, 0.6) is 0 Å². The molecule has 0 spiro atoms. The average molecular weight is 353 g/mol. The first-order valence-corrected chi connectivity index (χ1v) is 8.68. The van der Waals surface area contributed by atoms with Crippen LogP contribution in [0.25, 0.3) is 22.0 Å². The van der Waals surface area contributed by atoms with Gasteiger partial charge in [-0.1, -0.05) is 12.1 Å². The highest BCUT2D eigenvalue weighted by Gasteiger charge is 2.24. The minimum Gasteiger partial charge on any atom is -0.293 e. The summed E-state index contributed by atoms with van der Waals surface area (Å²) >= 11 is 0. The number of anilines is 1. The van der Waals surface area contributed by atoms with Crippen molar-refractivity contribution in [3.05, 3.63) is 36.8 Å². The third kappa shape index (κ3) is 3.30. The molecule has 1 N–H and O–H groups in total. The van der Waals surface area contributed by atoms with E-state index in [-0.39, 0.29) is 17.9 Å². The number of hydrogen-bond donors (Lipinski definition) is 1. The second-order valence-corrected chi connectivity index (χ2v) is 6.55. The molecule has 0 aliphatic carbocycles. The normalized spacial score (nSPS) is 18.3. The van der Waals surface area contributed by atoms with Crippen LogP contribution in [0.1, 0.15) is 23.9 Å². The van der Waals surface area contributed by atoms with Gasteiger partial charge >= 0.3 is 0 Å². The fourth-order valence-corrected chi connectivity index (χ4v) is 3.24. The van der Waals surface area contributed by atoms with Crippen molar-refractivity contribution in [2.45, 2.75) is 25.8 Å². The zero-order chi connectivity index (χ0) is 20.6. The molecule has 1 aliphatic heterocycles. The maximum atomic E-state index is 12.5. The van der Waals surface area contributed by atoms with Crippen molar-refractivity contribution < 1.29 is 8.91 Å². The Hall–Kier alpha value is -2.80. The van der Waals surface area contributed by atoms with Gasteiger partial charge in [-0.05, 0) is 44.5 Å². The molecule has 26 heavy (non-hydrogen) atoms. The molecular formula is C19H22N6O. The summed E-state index contributed by atoms with van der Waals surface area (Å²) in [6.45, 7) is 1.43. The molecule has 3 aromatic rings. The van der Waals surface area contributed by atoms with Crippen molar-refractivity contribution in [1.82, 2.24) is 24.6 Å². The highest BCUT2D eigenvalue weighted by molar-refractivity contribution is 5.94. The number of fused-ring (bicyclic) bond motifs is 1. The number of aromatic nitrogens is 4. The Balaban J connectivity index is 1.56. The van der Waals surface area contributed by atoms with Crippen LogP contribution >= 0.6 is 0 Å². The molecule has 1 aliphatic rings. The summed E-state index contributed by atoms with van der Waals surface area (Å²) in [5.41, 5.74) is 2.12. The summed E-state index contributed by atoms with van der Waals surface area (Å²) < 4.78 is 23.3. The maximum absolute atomic E-state index is 12.5. The number of carbonyl (C=O) groups excluding carboxylic acids is 1. The molecular weight excluding hydrogens is 328 g/mol. The number of amides is 1. The van der Waals surface area contributed by atoms with E-state index in [9.17, 15) is 4.79 Å². The van der Waals surface area contributed by atoms with Gasteiger partial charge in [0.25, 0.3) is 0 Å². The molecule has 1 aromatic carbocycles. The third-order valence-corrected chi connectivity index (χ3v) is 4.80. The van der Waals surface area contributed by atoms with Crippen LogP contribution in [0.15, 0.2) is 36.8 Å². The molecule has 1 unspecified atom stereocenters. The second kappa shape index (κ2) is 6.84. The van der Waals surface area contributed by atoms with Crippen molar-refractivity contribution in [1.29, 1.82) is 0 Å². The zero-order valence-corrected chi connectivity index (χ0v) is 14.5. The first kappa shape index (κ1) is 13.4. The molecule has 1 fully saturated rings. The lowest BCUT2D eigenvalue weighted by Gasteiger charge is -2.22. The number of rotatable bonds is 4. The Bertz CT molecular complexity index is 1040. The number of aryl methyl sites for hydroxylation is 1. The second-order valence-electron chi connectivity index (χ2n) is 6.55. The molecule has 3 heterocycles. The van der Waals surface area contributed by atoms with Gasteiger partial charge in [0.05, 0.1) is 17.8 Å². The Morgan fingerprint density at radius 1 is 1.27 bits per heavy atom. The minimum atomic E-state index is -2.32. The van der Waals surface area contributed by atoms with Crippen molar-refractivity contribution in [2.24, 2.45) is 6.98 Å². The van der Waals surface area contributed by atoms with Gasteiger partial charge in [-0.3, -0.25) is 19.7 Å². The van der Waals surface area contributed by atoms with Crippen LogP contribution in [0.4, 0.5) is 5.95 Å². The Kier molecular flexibility index (Phi) is 3.53. The smallest absolute Gasteiger partial charge is 0.243 e. The molecule has 0 radical (unpaired) electrons. The number of hydrogen-bond acceptors (Lipinski definition) is 5. The topological polar surface area (TPSA) is 75.9 Å². The van der Waals surface area contributed by atoms with E-state index in [1.165, 1.54) is 12.4 Å². The standard InChI is InChI=1S/C19H22N6O/c1-13(25-7-3-4-8-25)18(26)23-19-20-10-15-6-5-14(9-17(15)22-19)16-11-21-24(2)12-16/h5-6,9-13H,3-4,7-8H2,1-2H3,(H,20,22,23,26)/i2D3. The van der Waals surface area contributed by atoms with Crippen LogP contribution in [0, 0.1) is 0 Å². The van der Waals surface area contributed by atoms with Crippen LogP contribution in [-0.2, 0) is 11.8 Å². The van der Waals surface area contributed by atoms with E-state index in [0.29, 0.717) is 11.1 Å². The van der Waals surface area contributed by atoms with Crippen LogP contribution in [0.2, 0.25) is 0 Å². The van der Waals surface area contributed by atoms with E-state index in [4.69, 9.17) is 4.11 Å².